The monoisotopic (exact) mass is 1790 g/mol. The minimum atomic E-state index is -1.53. The number of carbonyl (C=O) groups is 2. The molecule has 0 saturated carbocycles. The van der Waals surface area contributed by atoms with E-state index in [4.69, 9.17) is 25.7 Å². The predicted molar refractivity (Wildman–Crippen MR) is 370 cm³/mol. The van der Waals surface area contributed by atoms with Crippen LogP contribution in [0.25, 0.3) is 22.3 Å². The van der Waals surface area contributed by atoms with Gasteiger partial charge in [-0.2, -0.15) is 0 Å². The van der Waals surface area contributed by atoms with Gasteiger partial charge in [0.15, 0.2) is 0 Å². The number of aliphatic hydroxyl groups is 12. The number of hydrogen-bond donors (Lipinski definition) is 12. The Morgan fingerprint density at radius 3 is 1.09 bits per heavy atom. The van der Waals surface area contributed by atoms with Crippen LogP contribution in [0.2, 0.25) is 0 Å². The van der Waals surface area contributed by atoms with Crippen molar-refractivity contribution in [3.8, 4) is 58.3 Å². The van der Waals surface area contributed by atoms with Crippen LogP contribution in [0, 0.1) is 36.0 Å². The number of amides is 2. The molecule has 2 spiro atoms. The van der Waals surface area contributed by atoms with Gasteiger partial charge in [-0.05, 0) is 119 Å². The summed E-state index contributed by atoms with van der Waals surface area (Å²) in [6, 6.07) is 24.8. The van der Waals surface area contributed by atoms with Crippen LogP contribution in [-0.2, 0) is 34.6 Å². The van der Waals surface area contributed by atoms with E-state index in [0.717, 1.165) is 57.1 Å². The topological polar surface area (TPSA) is 311 Å². The third kappa shape index (κ3) is 15.6. The number of rotatable bonds is 3. The number of ether oxygens (including phenoxy) is 3. The first kappa shape index (κ1) is 73.2. The van der Waals surface area contributed by atoms with E-state index in [0.29, 0.717) is 37.1 Å². The number of halogens is 6. The summed E-state index contributed by atoms with van der Waals surface area (Å²) in [7, 11) is -0.353. The van der Waals surface area contributed by atoms with Gasteiger partial charge in [0, 0.05) is 70.9 Å². The van der Waals surface area contributed by atoms with E-state index in [2.05, 4.69) is 154 Å². The zero-order valence-electron chi connectivity index (χ0n) is 47.0. The summed E-state index contributed by atoms with van der Waals surface area (Å²) >= 11 is 14.7. The number of likely N-dealkylation sites (tertiary alicyclic amines) is 2. The Bertz CT molecular complexity index is 3130. The van der Waals surface area contributed by atoms with E-state index in [1.165, 1.54) is 22.3 Å². The molecule has 0 radical (unpaired) electrons. The molecule has 2 amide bonds. The summed E-state index contributed by atoms with van der Waals surface area (Å²) in [4.78, 5) is 27.7. The Labute approximate surface area is 565 Å². The zero-order chi connectivity index (χ0) is 63.4. The predicted octanol–water partition coefficient (Wildman–Crippen LogP) is 4.74. The Morgan fingerprint density at radius 2 is 0.795 bits per heavy atom. The molecular weight excluding hydrogens is 1720 g/mol. The Balaban J connectivity index is 0.000000221. The van der Waals surface area contributed by atoms with Crippen molar-refractivity contribution in [1.82, 2.24) is 9.80 Å². The molecule has 2 aliphatic carbocycles. The standard InChI is InChI=1S/C35H39NO11.C19H17Br2NO.C8H12O5.CH4.I4/c1-18(39)36-12-10-35(11-13-36)23-14-19(4-8-25-29(40)33(44)31(42)27(16-37)46-25)2-6-21(23)22-7-3-20(15-24(22)35)5-9-26-30(41)34(45)32(43)28(17-38)47-26;1-12(23)22-8-6-19(7-9-22)17-10-13(20)2-4-15(17)16-5-3-14(21)11-18(16)19;1-2-4-6(10)8(12)7(11)5(3-9)13-4;;1-4(2)3/h2-3,6-7,14-15,25-34,37-38,40-45H,10-13,16-17H2,1H3;2-5,10-11H,6-9H2,1H3;1,4-12H,3H2;1H4;/t25-,26-,27-,28-,29-,30-,31-,32-,33-,34-;;4-,5-,6-,7-,8-;;/m1.1../s1. The number of hydrogen-bond acceptors (Lipinski definition) is 17. The summed E-state index contributed by atoms with van der Waals surface area (Å²) in [6.07, 6.45) is -11.0. The zero-order valence-corrected chi connectivity index (χ0v) is 58.8. The SMILES string of the molecule is C.C#C[C@H]1O[C@H](CO)[C@@H](O)[C@H](O)[C@@H]1O.CC(=O)N1CCC2(CC1)c1cc(Br)ccc1-c1ccc(Br)cc12.CC(=O)N1CCC2(CC1)c1cc(C#C[C@H]3O[C@H](CO)[C@@H](O)[C@H](O)[C@@H]3O)ccc1-c1ccc(C#C[C@H]3O[C@H](CO)[C@@H](O)[C@H](O)[C@@H]3O)cc12.II(I)I. The molecule has 0 aromatic heterocycles. The van der Waals surface area contributed by atoms with Crippen LogP contribution >= 0.6 is 95.6 Å². The van der Waals surface area contributed by atoms with E-state index in [-0.39, 0.29) is 32.6 Å². The number of piperidine rings is 2. The van der Waals surface area contributed by atoms with Crippen molar-refractivity contribution in [2.24, 2.45) is 0 Å². The molecule has 478 valence electrons. The van der Waals surface area contributed by atoms with Crippen molar-refractivity contribution in [2.75, 3.05) is 46.0 Å². The first-order chi connectivity index (χ1) is 41.3. The van der Waals surface area contributed by atoms with Gasteiger partial charge in [0.25, 0.3) is 0 Å². The minimum absolute atomic E-state index is 0. The van der Waals surface area contributed by atoms with Crippen molar-refractivity contribution < 1.29 is 85.1 Å². The normalized spacial score (nSPS) is 30.1. The average molecular weight is 1800 g/mol. The number of nitrogens with zero attached hydrogens (tertiary/aromatic N) is 2. The Kier molecular flexibility index (Phi) is 26.5. The average Bonchev–Trinajstić information content (AvgIpc) is 2.21. The van der Waals surface area contributed by atoms with Gasteiger partial charge in [0.05, 0.1) is 19.8 Å². The third-order valence-electron chi connectivity index (χ3n) is 17.3. The first-order valence-electron chi connectivity index (χ1n) is 27.9. The van der Waals surface area contributed by atoms with Gasteiger partial charge in [-0.25, -0.2) is 0 Å². The molecular formula is C63H72Br2I4N2O17. The fraction of sp³-hybridized carbons (Fsp3) is 0.492. The van der Waals surface area contributed by atoms with Crippen molar-refractivity contribution in [3.63, 3.8) is 0 Å². The molecule has 4 aromatic carbocycles. The van der Waals surface area contributed by atoms with Crippen LogP contribution in [0.5, 0.6) is 0 Å². The second-order valence-corrected chi connectivity index (χ2v) is 72.8. The summed E-state index contributed by atoms with van der Waals surface area (Å²) < 4.78 is 18.3. The van der Waals surface area contributed by atoms with Crippen LogP contribution in [0.3, 0.4) is 0 Å². The number of aliphatic hydroxyl groups excluding tert-OH is 12. The maximum absolute atomic E-state index is 12.2. The van der Waals surface area contributed by atoms with Gasteiger partial charge in [-0.1, -0.05) is 93.2 Å². The molecule has 0 unspecified atom stereocenters. The first-order valence-corrected chi connectivity index (χ1v) is 48.3. The van der Waals surface area contributed by atoms with Crippen molar-refractivity contribution in [1.29, 1.82) is 0 Å². The molecule has 88 heavy (non-hydrogen) atoms. The van der Waals surface area contributed by atoms with Gasteiger partial charge < -0.3 is 85.3 Å². The number of benzene rings is 4. The quantitative estimate of drug-likeness (QED) is 0.0973. The van der Waals surface area contributed by atoms with Gasteiger partial charge in [0.1, 0.15) is 91.6 Å². The molecule has 5 saturated heterocycles. The summed E-state index contributed by atoms with van der Waals surface area (Å²) in [5.74, 6) is 14.0. The number of fused-ring (bicyclic) bond motifs is 10. The molecule has 12 N–H and O–H groups in total. The third-order valence-corrected chi connectivity index (χ3v) is 18.3. The summed E-state index contributed by atoms with van der Waals surface area (Å²) in [6.45, 7) is 4.40. The second-order valence-electron chi connectivity index (χ2n) is 22.2. The van der Waals surface area contributed by atoms with Crippen LogP contribution in [0.1, 0.15) is 80.3 Å². The van der Waals surface area contributed by atoms with Crippen molar-refractivity contribution >= 4 is 107 Å². The van der Waals surface area contributed by atoms with E-state index in [9.17, 15) is 65.8 Å². The molecule has 0 bridgehead atoms. The molecule has 7 aliphatic rings. The van der Waals surface area contributed by atoms with Crippen LogP contribution in [-0.4, -0.2) is 220 Å². The Hall–Kier alpha value is -2.22. The van der Waals surface area contributed by atoms with Gasteiger partial charge in [-0.3, -0.25) is 9.59 Å². The van der Waals surface area contributed by atoms with E-state index >= 15 is 0 Å². The number of terminal acetylenes is 1. The second kappa shape index (κ2) is 31.8. The van der Waals surface area contributed by atoms with E-state index in [1.807, 2.05) is 46.2 Å². The molecule has 15 atom stereocenters. The van der Waals surface area contributed by atoms with Crippen molar-refractivity contribution in [3.05, 3.63) is 115 Å². The fourth-order valence-electron chi connectivity index (χ4n) is 12.6. The van der Waals surface area contributed by atoms with Crippen molar-refractivity contribution in [2.45, 2.75) is 149 Å². The van der Waals surface area contributed by atoms with E-state index in [1.54, 1.807) is 13.8 Å². The molecule has 25 heteroatoms. The molecule has 4 aromatic rings. The van der Waals surface area contributed by atoms with Gasteiger partial charge >= 0.3 is 63.7 Å². The summed E-state index contributed by atoms with van der Waals surface area (Å²) in [5, 5.41) is 117. The molecule has 5 heterocycles. The molecule has 11 rings (SSSR count). The molecule has 19 nitrogen and oxygen atoms in total. The fourth-order valence-corrected chi connectivity index (χ4v) is 13.3. The van der Waals surface area contributed by atoms with Crippen LogP contribution in [0.4, 0.5) is 0 Å². The summed E-state index contributed by atoms with van der Waals surface area (Å²) in [5.41, 5.74) is 10.4. The van der Waals surface area contributed by atoms with E-state index < -0.39 is 117 Å². The Morgan fingerprint density at radius 1 is 0.511 bits per heavy atom. The number of carbonyl (C=O) groups excluding carboxylic acids is 2. The molecule has 5 aliphatic heterocycles. The van der Waals surface area contributed by atoms with Gasteiger partial charge in [-0.15, -0.1) is 6.42 Å². The van der Waals surface area contributed by atoms with Crippen LogP contribution in [0.15, 0.2) is 81.7 Å². The van der Waals surface area contributed by atoms with Crippen LogP contribution < -0.4 is 0 Å². The van der Waals surface area contributed by atoms with Gasteiger partial charge in [0.2, 0.25) is 11.8 Å². The molecule has 5 fully saturated rings. The maximum atomic E-state index is 12.2.